The van der Waals surface area contributed by atoms with E-state index in [0.717, 1.165) is 18.9 Å². The number of aromatic nitrogens is 1. The van der Waals surface area contributed by atoms with Crippen molar-refractivity contribution in [2.45, 2.75) is 25.7 Å². The van der Waals surface area contributed by atoms with E-state index in [4.69, 9.17) is 0 Å². The first-order valence-corrected chi connectivity index (χ1v) is 8.04. The fourth-order valence-corrected chi connectivity index (χ4v) is 2.78. The number of nitrogens with one attached hydrogen (secondary N) is 1. The van der Waals surface area contributed by atoms with E-state index >= 15 is 0 Å². The van der Waals surface area contributed by atoms with Crippen molar-refractivity contribution in [3.8, 4) is 5.75 Å². The first-order valence-electron chi connectivity index (χ1n) is 8.04. The van der Waals surface area contributed by atoms with Crippen molar-refractivity contribution in [3.63, 3.8) is 0 Å². The molecule has 1 aromatic carbocycles. The van der Waals surface area contributed by atoms with Crippen molar-refractivity contribution in [1.29, 1.82) is 0 Å². The van der Waals surface area contributed by atoms with Crippen molar-refractivity contribution in [3.05, 3.63) is 48.2 Å². The van der Waals surface area contributed by atoms with Crippen LogP contribution in [0.1, 0.15) is 36.0 Å². The van der Waals surface area contributed by atoms with Crippen molar-refractivity contribution >= 4 is 17.4 Å². The number of hydrogen-bond donors (Lipinski definition) is 2. The van der Waals surface area contributed by atoms with Crippen LogP contribution in [0, 0.1) is 0 Å². The maximum Gasteiger partial charge on any atom is 0.255 e. The van der Waals surface area contributed by atoms with Gasteiger partial charge in [-0.25, -0.2) is 4.98 Å². The molecule has 120 valence electrons. The quantitative estimate of drug-likeness (QED) is 0.852. The summed E-state index contributed by atoms with van der Waals surface area (Å²) in [6.07, 6.45) is 6.55. The van der Waals surface area contributed by atoms with Gasteiger partial charge < -0.3 is 15.3 Å². The summed E-state index contributed by atoms with van der Waals surface area (Å²) in [4.78, 5) is 19.1. The van der Waals surface area contributed by atoms with E-state index in [1.165, 1.54) is 25.7 Å². The largest absolute Gasteiger partial charge is 0.508 e. The predicted molar refractivity (Wildman–Crippen MR) is 91.0 cm³/mol. The summed E-state index contributed by atoms with van der Waals surface area (Å²) in [5.74, 6) is 0.870. The highest BCUT2D eigenvalue weighted by Gasteiger charge is 2.13. The molecule has 1 aromatic heterocycles. The molecule has 1 saturated heterocycles. The number of aromatic hydroxyl groups is 1. The van der Waals surface area contributed by atoms with Crippen LogP contribution in [-0.4, -0.2) is 29.1 Å². The second-order valence-electron chi connectivity index (χ2n) is 5.80. The number of phenolic OH excluding ortho intramolecular Hbond substituents is 1. The second kappa shape index (κ2) is 7.13. The van der Waals surface area contributed by atoms with Crippen molar-refractivity contribution in [2.75, 3.05) is 23.3 Å². The lowest BCUT2D eigenvalue weighted by atomic mass is 10.2. The van der Waals surface area contributed by atoms with E-state index in [1.807, 2.05) is 6.07 Å². The van der Waals surface area contributed by atoms with Gasteiger partial charge >= 0.3 is 0 Å². The molecule has 1 fully saturated rings. The van der Waals surface area contributed by atoms with Gasteiger partial charge in [0.25, 0.3) is 5.91 Å². The molecule has 5 nitrogen and oxygen atoms in total. The number of hydrogen-bond acceptors (Lipinski definition) is 4. The molecule has 0 radical (unpaired) electrons. The van der Waals surface area contributed by atoms with E-state index in [2.05, 4.69) is 15.2 Å². The van der Waals surface area contributed by atoms with Crippen LogP contribution >= 0.6 is 0 Å². The Hall–Kier alpha value is -2.56. The third-order valence-corrected chi connectivity index (χ3v) is 4.06. The van der Waals surface area contributed by atoms with E-state index in [0.29, 0.717) is 11.3 Å². The van der Waals surface area contributed by atoms with Gasteiger partial charge in [-0.15, -0.1) is 0 Å². The minimum atomic E-state index is -0.172. The molecule has 1 aliphatic heterocycles. The number of carbonyl (C=O) groups excluding carboxylic acids is 1. The highest BCUT2D eigenvalue weighted by Crippen LogP contribution is 2.19. The summed E-state index contributed by atoms with van der Waals surface area (Å²) in [6.45, 7) is 1.99. The molecule has 0 unspecified atom stereocenters. The van der Waals surface area contributed by atoms with Crippen LogP contribution in [-0.2, 0) is 0 Å². The maximum absolute atomic E-state index is 12.4. The molecule has 23 heavy (non-hydrogen) atoms. The normalized spacial score (nSPS) is 15.0. The zero-order valence-electron chi connectivity index (χ0n) is 13.0. The van der Waals surface area contributed by atoms with Crippen LogP contribution in [0.15, 0.2) is 42.6 Å². The molecular formula is C18H21N3O2. The number of rotatable bonds is 3. The van der Waals surface area contributed by atoms with Gasteiger partial charge in [-0.05, 0) is 49.2 Å². The second-order valence-corrected chi connectivity index (χ2v) is 5.80. The van der Waals surface area contributed by atoms with Gasteiger partial charge in [-0.3, -0.25) is 4.79 Å². The van der Waals surface area contributed by atoms with Crippen LogP contribution in [0.5, 0.6) is 5.75 Å². The van der Waals surface area contributed by atoms with Gasteiger partial charge in [-0.2, -0.15) is 0 Å². The summed E-state index contributed by atoms with van der Waals surface area (Å²) < 4.78 is 0. The van der Waals surface area contributed by atoms with Gasteiger partial charge in [0.2, 0.25) is 0 Å². The van der Waals surface area contributed by atoms with Gasteiger partial charge in [-0.1, -0.05) is 12.8 Å². The number of pyridine rings is 1. The van der Waals surface area contributed by atoms with Gasteiger partial charge in [0.05, 0.1) is 0 Å². The Kier molecular flexibility index (Phi) is 4.76. The van der Waals surface area contributed by atoms with Gasteiger partial charge in [0.1, 0.15) is 11.6 Å². The summed E-state index contributed by atoms with van der Waals surface area (Å²) in [5, 5.41) is 12.1. The molecule has 0 aliphatic carbocycles. The van der Waals surface area contributed by atoms with E-state index < -0.39 is 0 Å². The Labute approximate surface area is 136 Å². The zero-order valence-corrected chi connectivity index (χ0v) is 13.0. The molecule has 0 atom stereocenters. The molecule has 3 rings (SSSR count). The number of phenols is 1. The van der Waals surface area contributed by atoms with Crippen molar-refractivity contribution in [1.82, 2.24) is 4.98 Å². The summed E-state index contributed by atoms with van der Waals surface area (Å²) in [6, 6.07) is 10.0. The predicted octanol–water partition coefficient (Wildman–Crippen LogP) is 3.42. The molecule has 0 bridgehead atoms. The number of carbonyl (C=O) groups is 1. The standard InChI is InChI=1S/C18H21N3O2/c22-16-7-5-15(6-8-16)20-18(23)14-9-10-19-17(13-14)21-11-3-1-2-4-12-21/h5-10,13,22H,1-4,11-12H2,(H,20,23). The number of amides is 1. The highest BCUT2D eigenvalue weighted by atomic mass is 16.3. The Morgan fingerprint density at radius 1 is 1.04 bits per heavy atom. The molecule has 2 aromatic rings. The maximum atomic E-state index is 12.4. The number of anilines is 2. The molecule has 5 heteroatoms. The average molecular weight is 311 g/mol. The van der Waals surface area contributed by atoms with Crippen molar-refractivity contribution < 1.29 is 9.90 Å². The molecular weight excluding hydrogens is 290 g/mol. The number of benzene rings is 1. The van der Waals surface area contributed by atoms with Crippen LogP contribution in [0.3, 0.4) is 0 Å². The average Bonchev–Trinajstić information content (AvgIpc) is 2.86. The van der Waals surface area contributed by atoms with Gasteiger partial charge in [0.15, 0.2) is 0 Å². The first kappa shape index (κ1) is 15.3. The lowest BCUT2D eigenvalue weighted by molar-refractivity contribution is 0.102. The highest BCUT2D eigenvalue weighted by molar-refractivity contribution is 6.04. The monoisotopic (exact) mass is 311 g/mol. The zero-order chi connectivity index (χ0) is 16.1. The molecule has 0 spiro atoms. The fourth-order valence-electron chi connectivity index (χ4n) is 2.78. The smallest absolute Gasteiger partial charge is 0.255 e. The molecule has 2 N–H and O–H groups in total. The van der Waals surface area contributed by atoms with Crippen LogP contribution in [0.4, 0.5) is 11.5 Å². The van der Waals surface area contributed by atoms with Crippen LogP contribution in [0.25, 0.3) is 0 Å². The molecule has 0 saturated carbocycles. The Morgan fingerprint density at radius 2 is 1.74 bits per heavy atom. The van der Waals surface area contributed by atoms with E-state index in [-0.39, 0.29) is 11.7 Å². The Morgan fingerprint density at radius 3 is 2.43 bits per heavy atom. The third kappa shape index (κ3) is 4.00. The van der Waals surface area contributed by atoms with Crippen LogP contribution in [0.2, 0.25) is 0 Å². The Balaban J connectivity index is 1.73. The molecule has 1 amide bonds. The Bertz CT molecular complexity index is 662. The van der Waals surface area contributed by atoms with E-state index in [1.54, 1.807) is 36.5 Å². The van der Waals surface area contributed by atoms with Gasteiger partial charge in [0, 0.05) is 30.5 Å². The molecule has 2 heterocycles. The minimum Gasteiger partial charge on any atom is -0.508 e. The summed E-state index contributed by atoms with van der Waals surface area (Å²) in [7, 11) is 0. The number of nitrogens with zero attached hydrogens (tertiary/aromatic N) is 2. The third-order valence-electron chi connectivity index (χ3n) is 4.06. The minimum absolute atomic E-state index is 0.172. The van der Waals surface area contributed by atoms with Crippen LogP contribution < -0.4 is 10.2 Å². The SMILES string of the molecule is O=C(Nc1ccc(O)cc1)c1ccnc(N2CCCCCC2)c1. The first-order chi connectivity index (χ1) is 11.2. The lowest BCUT2D eigenvalue weighted by Gasteiger charge is -2.21. The van der Waals surface area contributed by atoms with E-state index in [9.17, 15) is 9.90 Å². The fraction of sp³-hybridized carbons (Fsp3) is 0.333. The summed E-state index contributed by atoms with van der Waals surface area (Å²) in [5.41, 5.74) is 1.24. The molecule has 1 aliphatic rings. The topological polar surface area (TPSA) is 65.5 Å². The van der Waals surface area contributed by atoms with Crippen molar-refractivity contribution in [2.24, 2.45) is 0 Å². The summed E-state index contributed by atoms with van der Waals surface area (Å²) >= 11 is 0. The lowest BCUT2D eigenvalue weighted by Crippen LogP contribution is -2.25.